The van der Waals surface area contributed by atoms with Crippen LogP contribution in [0.15, 0.2) is 66.7 Å². The molecular weight excluding hydrogens is 355 g/mol. The smallest absolute Gasteiger partial charge is 0.251 e. The Labute approximate surface area is 162 Å². The van der Waals surface area contributed by atoms with E-state index >= 15 is 0 Å². The summed E-state index contributed by atoms with van der Waals surface area (Å²) in [5.41, 5.74) is 15.5. The number of nitrogen functional groups attached to an aromatic ring is 1. The zero-order chi connectivity index (χ0) is 20.1. The summed E-state index contributed by atoms with van der Waals surface area (Å²) >= 11 is 0. The van der Waals surface area contributed by atoms with E-state index in [1.807, 2.05) is 12.1 Å². The molecule has 3 rings (SSSR count). The molecule has 0 radical (unpaired) electrons. The van der Waals surface area contributed by atoms with Crippen LogP contribution < -0.4 is 16.8 Å². The molecule has 0 heterocycles. The lowest BCUT2D eigenvalue weighted by Gasteiger charge is -2.18. The summed E-state index contributed by atoms with van der Waals surface area (Å²) < 4.78 is 13.5. The summed E-state index contributed by atoms with van der Waals surface area (Å²) in [6.45, 7) is 0.148. The predicted octanol–water partition coefficient (Wildman–Crippen LogP) is 3.50. The molecule has 0 bridgehead atoms. The lowest BCUT2D eigenvalue weighted by Crippen LogP contribution is -2.33. The van der Waals surface area contributed by atoms with Crippen LogP contribution in [0.5, 0.6) is 0 Å². The molecule has 6 heteroatoms. The van der Waals surface area contributed by atoms with Gasteiger partial charge in [0.2, 0.25) is 0 Å². The van der Waals surface area contributed by atoms with E-state index in [0.29, 0.717) is 22.4 Å². The lowest BCUT2D eigenvalue weighted by molar-refractivity contribution is 0.0938. The van der Waals surface area contributed by atoms with Crippen molar-refractivity contribution in [2.75, 3.05) is 12.3 Å². The summed E-state index contributed by atoms with van der Waals surface area (Å²) in [5, 5.41) is 10.3. The van der Waals surface area contributed by atoms with E-state index in [0.717, 1.165) is 11.1 Å². The molecule has 1 unspecified atom stereocenters. The molecule has 0 fully saturated rings. The van der Waals surface area contributed by atoms with Gasteiger partial charge in [-0.1, -0.05) is 30.3 Å². The Hall–Kier alpha value is -3.51. The van der Waals surface area contributed by atoms with Gasteiger partial charge in [0.1, 0.15) is 5.82 Å². The van der Waals surface area contributed by atoms with Crippen LogP contribution in [0.1, 0.15) is 27.5 Å². The molecule has 3 aromatic rings. The van der Waals surface area contributed by atoms with E-state index in [1.54, 1.807) is 42.5 Å². The maximum atomic E-state index is 13.5. The van der Waals surface area contributed by atoms with Gasteiger partial charge in [0, 0.05) is 29.6 Å². The van der Waals surface area contributed by atoms with Crippen LogP contribution >= 0.6 is 0 Å². The SMILES string of the molecule is N=Cc1cc(-c2cccc(C(=O)NC(CN)c3cccc(F)c3)c2)ccc1N. The largest absolute Gasteiger partial charge is 0.398 e. The lowest BCUT2D eigenvalue weighted by atomic mass is 10.00. The van der Waals surface area contributed by atoms with Gasteiger partial charge in [0.05, 0.1) is 6.04 Å². The molecule has 0 aromatic heterocycles. The Kier molecular flexibility index (Phi) is 5.81. The number of carbonyl (C=O) groups is 1. The first kappa shape index (κ1) is 19.3. The number of halogens is 1. The summed E-state index contributed by atoms with van der Waals surface area (Å²) in [6, 6.07) is 18.0. The first-order valence-corrected chi connectivity index (χ1v) is 8.78. The predicted molar refractivity (Wildman–Crippen MR) is 110 cm³/mol. The van der Waals surface area contributed by atoms with Crippen molar-refractivity contribution in [2.45, 2.75) is 6.04 Å². The van der Waals surface area contributed by atoms with Crippen molar-refractivity contribution in [3.05, 3.63) is 89.2 Å². The van der Waals surface area contributed by atoms with E-state index in [1.165, 1.54) is 18.3 Å². The third-order valence-corrected chi connectivity index (χ3v) is 4.49. The van der Waals surface area contributed by atoms with Gasteiger partial charge in [-0.3, -0.25) is 4.79 Å². The van der Waals surface area contributed by atoms with Crippen molar-refractivity contribution in [1.82, 2.24) is 5.32 Å². The van der Waals surface area contributed by atoms with Crippen LogP contribution in [0, 0.1) is 11.2 Å². The molecule has 0 aliphatic rings. The third-order valence-electron chi connectivity index (χ3n) is 4.49. The maximum Gasteiger partial charge on any atom is 0.251 e. The second-order valence-corrected chi connectivity index (χ2v) is 6.39. The van der Waals surface area contributed by atoms with Crippen molar-refractivity contribution in [1.29, 1.82) is 5.41 Å². The minimum absolute atomic E-state index is 0.148. The highest BCUT2D eigenvalue weighted by atomic mass is 19.1. The standard InChI is InChI=1S/C22H21FN4O/c23-19-6-2-4-16(11-19)21(13-25)27-22(28)17-5-1-3-14(9-17)15-7-8-20(26)18(10-15)12-24/h1-12,21,24H,13,25-26H2,(H,27,28). The zero-order valence-electron chi connectivity index (χ0n) is 15.2. The van der Waals surface area contributed by atoms with Crippen molar-refractivity contribution in [2.24, 2.45) is 5.73 Å². The van der Waals surface area contributed by atoms with Crippen LogP contribution in [-0.2, 0) is 0 Å². The molecule has 3 aromatic carbocycles. The van der Waals surface area contributed by atoms with Gasteiger partial charge in [-0.2, -0.15) is 0 Å². The van der Waals surface area contributed by atoms with Crippen molar-refractivity contribution < 1.29 is 9.18 Å². The van der Waals surface area contributed by atoms with Crippen molar-refractivity contribution in [3.63, 3.8) is 0 Å². The van der Waals surface area contributed by atoms with Gasteiger partial charge in [-0.15, -0.1) is 0 Å². The number of hydrogen-bond acceptors (Lipinski definition) is 4. The first-order valence-electron chi connectivity index (χ1n) is 8.78. The Balaban J connectivity index is 1.85. The number of benzene rings is 3. The molecule has 0 saturated carbocycles. The Bertz CT molecular complexity index is 1020. The average Bonchev–Trinajstić information content (AvgIpc) is 2.72. The topological polar surface area (TPSA) is 105 Å². The quantitative estimate of drug-likeness (QED) is 0.391. The van der Waals surface area contributed by atoms with Crippen LogP contribution in [0.3, 0.4) is 0 Å². The number of anilines is 1. The van der Waals surface area contributed by atoms with E-state index in [9.17, 15) is 9.18 Å². The van der Waals surface area contributed by atoms with E-state index in [4.69, 9.17) is 16.9 Å². The summed E-state index contributed by atoms with van der Waals surface area (Å²) in [6.07, 6.45) is 1.19. The molecule has 5 nitrogen and oxygen atoms in total. The fourth-order valence-electron chi connectivity index (χ4n) is 2.96. The number of rotatable bonds is 6. The van der Waals surface area contributed by atoms with Gasteiger partial charge in [-0.05, 0) is 53.1 Å². The first-order chi connectivity index (χ1) is 13.5. The van der Waals surface area contributed by atoms with Crippen molar-refractivity contribution in [3.8, 4) is 11.1 Å². The highest BCUT2D eigenvalue weighted by molar-refractivity contribution is 5.96. The summed E-state index contributed by atoms with van der Waals surface area (Å²) in [7, 11) is 0. The van der Waals surface area contributed by atoms with E-state index in [-0.39, 0.29) is 18.3 Å². The number of hydrogen-bond donors (Lipinski definition) is 4. The van der Waals surface area contributed by atoms with Gasteiger partial charge in [0.25, 0.3) is 5.91 Å². The van der Waals surface area contributed by atoms with Crippen LogP contribution in [0.2, 0.25) is 0 Å². The van der Waals surface area contributed by atoms with Crippen LogP contribution in [0.25, 0.3) is 11.1 Å². The van der Waals surface area contributed by atoms with Crippen LogP contribution in [0.4, 0.5) is 10.1 Å². The average molecular weight is 376 g/mol. The second kappa shape index (κ2) is 8.45. The Morgan fingerprint density at radius 1 is 1.07 bits per heavy atom. The maximum absolute atomic E-state index is 13.5. The van der Waals surface area contributed by atoms with Gasteiger partial charge >= 0.3 is 0 Å². The van der Waals surface area contributed by atoms with Crippen molar-refractivity contribution >= 4 is 17.8 Å². The molecule has 0 aliphatic heterocycles. The Morgan fingerprint density at radius 2 is 1.82 bits per heavy atom. The number of nitrogens with two attached hydrogens (primary N) is 2. The minimum atomic E-state index is -0.493. The number of amides is 1. The molecule has 0 spiro atoms. The fraction of sp³-hybridized carbons (Fsp3) is 0.0909. The highest BCUT2D eigenvalue weighted by Crippen LogP contribution is 2.24. The normalized spacial score (nSPS) is 11.6. The summed E-state index contributed by atoms with van der Waals surface area (Å²) in [5.74, 6) is -0.679. The molecule has 6 N–H and O–H groups in total. The summed E-state index contributed by atoms with van der Waals surface area (Å²) in [4.78, 5) is 12.7. The highest BCUT2D eigenvalue weighted by Gasteiger charge is 2.15. The molecule has 0 saturated heterocycles. The van der Waals surface area contributed by atoms with Gasteiger partial charge < -0.3 is 22.2 Å². The van der Waals surface area contributed by atoms with Gasteiger partial charge in [-0.25, -0.2) is 4.39 Å². The van der Waals surface area contributed by atoms with E-state index in [2.05, 4.69) is 5.32 Å². The molecule has 1 amide bonds. The molecular formula is C22H21FN4O. The number of carbonyl (C=O) groups excluding carboxylic acids is 1. The second-order valence-electron chi connectivity index (χ2n) is 6.39. The van der Waals surface area contributed by atoms with E-state index < -0.39 is 6.04 Å². The number of nitrogens with one attached hydrogen (secondary N) is 2. The molecule has 28 heavy (non-hydrogen) atoms. The fourth-order valence-corrected chi connectivity index (χ4v) is 2.96. The third kappa shape index (κ3) is 4.24. The van der Waals surface area contributed by atoms with Crippen LogP contribution in [-0.4, -0.2) is 18.7 Å². The Morgan fingerprint density at radius 3 is 2.54 bits per heavy atom. The molecule has 142 valence electrons. The molecule has 0 aliphatic carbocycles. The monoisotopic (exact) mass is 376 g/mol. The van der Waals surface area contributed by atoms with Gasteiger partial charge in [0.15, 0.2) is 0 Å². The zero-order valence-corrected chi connectivity index (χ0v) is 15.2. The molecule has 1 atom stereocenters. The minimum Gasteiger partial charge on any atom is -0.398 e.